The molecule has 4 nitrogen and oxygen atoms in total. The minimum atomic E-state index is -0.539. The molecule has 0 radical (unpaired) electrons. The lowest BCUT2D eigenvalue weighted by atomic mass is 10.1. The van der Waals surface area contributed by atoms with Crippen LogP contribution in [0, 0.1) is 13.8 Å². The van der Waals surface area contributed by atoms with Crippen LogP contribution >= 0.6 is 15.9 Å². The molecule has 1 N–H and O–H groups in total. The summed E-state index contributed by atoms with van der Waals surface area (Å²) in [6, 6.07) is 12.6. The van der Waals surface area contributed by atoms with E-state index in [-0.39, 0.29) is 18.2 Å². The van der Waals surface area contributed by atoms with E-state index >= 15 is 0 Å². The average molecular weight is 373 g/mol. The van der Waals surface area contributed by atoms with Crippen molar-refractivity contribution in [2.75, 3.05) is 10.2 Å². The number of nitrogens with one attached hydrogen (secondary N) is 1. The molecule has 1 aliphatic heterocycles. The van der Waals surface area contributed by atoms with E-state index in [2.05, 4.69) is 21.2 Å². The molecule has 2 aromatic rings. The fourth-order valence-corrected chi connectivity index (χ4v) is 3.05. The van der Waals surface area contributed by atoms with Crippen LogP contribution in [0.4, 0.5) is 11.4 Å². The number of benzene rings is 2. The number of imide groups is 1. The summed E-state index contributed by atoms with van der Waals surface area (Å²) in [5.41, 5.74) is 3.64. The van der Waals surface area contributed by atoms with Crippen molar-refractivity contribution in [3.63, 3.8) is 0 Å². The van der Waals surface area contributed by atoms with Crippen molar-refractivity contribution in [1.82, 2.24) is 0 Å². The molecule has 0 saturated carbocycles. The predicted molar refractivity (Wildman–Crippen MR) is 94.6 cm³/mol. The van der Waals surface area contributed by atoms with E-state index in [0.717, 1.165) is 21.3 Å². The van der Waals surface area contributed by atoms with E-state index in [1.54, 1.807) is 0 Å². The number of amides is 2. The van der Waals surface area contributed by atoms with Crippen molar-refractivity contribution in [3.8, 4) is 0 Å². The molecule has 23 heavy (non-hydrogen) atoms. The zero-order valence-corrected chi connectivity index (χ0v) is 14.6. The Kier molecular flexibility index (Phi) is 4.22. The quantitative estimate of drug-likeness (QED) is 0.833. The summed E-state index contributed by atoms with van der Waals surface area (Å²) in [6.45, 7) is 3.98. The molecule has 0 aliphatic carbocycles. The van der Waals surface area contributed by atoms with Gasteiger partial charge < -0.3 is 5.32 Å². The van der Waals surface area contributed by atoms with Crippen LogP contribution in [0.25, 0.3) is 0 Å². The Morgan fingerprint density at radius 1 is 1.09 bits per heavy atom. The van der Waals surface area contributed by atoms with Gasteiger partial charge in [0.25, 0.3) is 5.91 Å². The molecule has 1 saturated heterocycles. The Bertz CT molecular complexity index is 788. The van der Waals surface area contributed by atoms with Gasteiger partial charge in [-0.1, -0.05) is 18.2 Å². The number of anilines is 2. The molecule has 1 heterocycles. The number of carbonyl (C=O) groups excluding carboxylic acids is 2. The molecular weight excluding hydrogens is 356 g/mol. The van der Waals surface area contributed by atoms with Gasteiger partial charge in [-0.2, -0.15) is 0 Å². The maximum atomic E-state index is 12.7. The molecule has 0 aromatic heterocycles. The second-order valence-corrected chi connectivity index (χ2v) is 6.57. The number of rotatable bonds is 3. The highest BCUT2D eigenvalue weighted by Crippen LogP contribution is 2.28. The molecule has 118 valence electrons. The monoisotopic (exact) mass is 372 g/mol. The third kappa shape index (κ3) is 3.01. The summed E-state index contributed by atoms with van der Waals surface area (Å²) < 4.78 is 0.866. The number of nitrogens with zero attached hydrogens (tertiary/aromatic N) is 1. The number of carbonyl (C=O) groups is 2. The van der Waals surface area contributed by atoms with Gasteiger partial charge in [-0.05, 0) is 65.2 Å². The van der Waals surface area contributed by atoms with E-state index in [1.807, 2.05) is 56.3 Å². The van der Waals surface area contributed by atoms with Crippen molar-refractivity contribution in [2.24, 2.45) is 0 Å². The van der Waals surface area contributed by atoms with Crippen LogP contribution in [-0.4, -0.2) is 17.9 Å². The van der Waals surface area contributed by atoms with Gasteiger partial charge in [-0.25, -0.2) is 4.90 Å². The van der Waals surface area contributed by atoms with Crippen LogP contribution < -0.4 is 10.2 Å². The third-order valence-electron chi connectivity index (χ3n) is 4.10. The van der Waals surface area contributed by atoms with Gasteiger partial charge >= 0.3 is 0 Å². The van der Waals surface area contributed by atoms with E-state index < -0.39 is 6.04 Å². The highest BCUT2D eigenvalue weighted by molar-refractivity contribution is 9.10. The summed E-state index contributed by atoms with van der Waals surface area (Å²) in [5, 5.41) is 3.16. The Balaban J connectivity index is 1.85. The van der Waals surface area contributed by atoms with Crippen LogP contribution in [0.5, 0.6) is 0 Å². The molecule has 0 spiro atoms. The van der Waals surface area contributed by atoms with E-state index in [1.165, 1.54) is 4.90 Å². The van der Waals surface area contributed by atoms with Gasteiger partial charge in [0.1, 0.15) is 6.04 Å². The summed E-state index contributed by atoms with van der Waals surface area (Å²) >= 11 is 3.44. The maximum Gasteiger partial charge on any atom is 0.256 e. The van der Waals surface area contributed by atoms with Crippen molar-refractivity contribution < 1.29 is 9.59 Å². The van der Waals surface area contributed by atoms with Crippen LogP contribution in [0.2, 0.25) is 0 Å². The molecule has 2 aromatic carbocycles. The van der Waals surface area contributed by atoms with Crippen molar-refractivity contribution in [2.45, 2.75) is 26.3 Å². The predicted octanol–water partition coefficient (Wildman–Crippen LogP) is 3.81. The summed E-state index contributed by atoms with van der Waals surface area (Å²) in [4.78, 5) is 26.3. The first kappa shape index (κ1) is 15.7. The highest BCUT2D eigenvalue weighted by Gasteiger charge is 2.39. The number of halogens is 1. The first-order chi connectivity index (χ1) is 11.0. The first-order valence-corrected chi connectivity index (χ1v) is 8.22. The molecule has 5 heteroatoms. The van der Waals surface area contributed by atoms with Gasteiger partial charge in [0.15, 0.2) is 0 Å². The molecule has 1 atom stereocenters. The molecule has 1 unspecified atom stereocenters. The topological polar surface area (TPSA) is 49.4 Å². The van der Waals surface area contributed by atoms with Crippen LogP contribution in [0.15, 0.2) is 46.9 Å². The van der Waals surface area contributed by atoms with Gasteiger partial charge in [0, 0.05) is 10.2 Å². The fourth-order valence-electron chi connectivity index (χ4n) is 2.65. The van der Waals surface area contributed by atoms with Crippen molar-refractivity contribution >= 4 is 39.1 Å². The molecule has 2 amide bonds. The number of aryl methyl sites for hydroxylation is 2. The van der Waals surface area contributed by atoms with Gasteiger partial charge in [-0.15, -0.1) is 0 Å². The largest absolute Gasteiger partial charge is 0.372 e. The van der Waals surface area contributed by atoms with Crippen molar-refractivity contribution in [1.29, 1.82) is 0 Å². The molecule has 0 bridgehead atoms. The van der Waals surface area contributed by atoms with Gasteiger partial charge in [0.05, 0.1) is 12.1 Å². The molecule has 1 fully saturated rings. The minimum Gasteiger partial charge on any atom is -0.372 e. The SMILES string of the molecule is Cc1ccc(N2C(=O)CC(Nc3ccccc3Br)C2=O)cc1C. The second kappa shape index (κ2) is 6.16. The molecule has 3 rings (SSSR count). The lowest BCUT2D eigenvalue weighted by Crippen LogP contribution is -2.34. The summed E-state index contributed by atoms with van der Waals surface area (Å²) in [5.74, 6) is -0.392. The lowest BCUT2D eigenvalue weighted by Gasteiger charge is -2.17. The summed E-state index contributed by atoms with van der Waals surface area (Å²) in [7, 11) is 0. The Morgan fingerprint density at radius 3 is 2.52 bits per heavy atom. The first-order valence-electron chi connectivity index (χ1n) is 7.42. The zero-order chi connectivity index (χ0) is 16.6. The fraction of sp³-hybridized carbons (Fsp3) is 0.222. The standard InChI is InChI=1S/C18H17BrN2O2/c1-11-7-8-13(9-12(11)2)21-17(22)10-16(18(21)23)20-15-6-4-3-5-14(15)19/h3-9,16,20H,10H2,1-2H3. The Hall–Kier alpha value is -2.14. The van der Waals surface area contributed by atoms with E-state index in [9.17, 15) is 9.59 Å². The maximum absolute atomic E-state index is 12.7. The lowest BCUT2D eigenvalue weighted by molar-refractivity contribution is -0.121. The second-order valence-electron chi connectivity index (χ2n) is 5.72. The highest BCUT2D eigenvalue weighted by atomic mass is 79.9. The number of hydrogen-bond acceptors (Lipinski definition) is 3. The van der Waals surface area contributed by atoms with Crippen LogP contribution in [0.1, 0.15) is 17.5 Å². The van der Waals surface area contributed by atoms with Crippen LogP contribution in [-0.2, 0) is 9.59 Å². The van der Waals surface area contributed by atoms with E-state index in [4.69, 9.17) is 0 Å². The Labute approximate surface area is 143 Å². The number of hydrogen-bond donors (Lipinski definition) is 1. The van der Waals surface area contributed by atoms with Crippen molar-refractivity contribution in [3.05, 3.63) is 58.1 Å². The van der Waals surface area contributed by atoms with Gasteiger partial charge in [0.2, 0.25) is 5.91 Å². The average Bonchev–Trinajstić information content (AvgIpc) is 2.79. The zero-order valence-electron chi connectivity index (χ0n) is 13.0. The molecule has 1 aliphatic rings. The van der Waals surface area contributed by atoms with Gasteiger partial charge in [-0.3, -0.25) is 9.59 Å². The smallest absolute Gasteiger partial charge is 0.256 e. The molecular formula is C18H17BrN2O2. The van der Waals surface area contributed by atoms with Crippen LogP contribution in [0.3, 0.4) is 0 Å². The Morgan fingerprint density at radius 2 is 1.83 bits per heavy atom. The normalized spacial score (nSPS) is 17.7. The van der Waals surface area contributed by atoms with E-state index in [0.29, 0.717) is 5.69 Å². The minimum absolute atomic E-state index is 0.160. The third-order valence-corrected chi connectivity index (χ3v) is 4.79. The summed E-state index contributed by atoms with van der Waals surface area (Å²) in [6.07, 6.45) is 0.160. The number of para-hydroxylation sites is 1.